The van der Waals surface area contributed by atoms with E-state index in [2.05, 4.69) is 5.32 Å². The lowest BCUT2D eigenvalue weighted by Gasteiger charge is -2.13. The SMILES string of the molecule is CCOc1cc(/C=C/C(=O)Nc2ccc(F)cc2F)ccc1OCCOc1ccccc1. The topological polar surface area (TPSA) is 56.8 Å². The number of rotatable bonds is 10. The van der Waals surface area contributed by atoms with Crippen molar-refractivity contribution < 1.29 is 27.8 Å². The van der Waals surface area contributed by atoms with E-state index >= 15 is 0 Å². The maximum absolute atomic E-state index is 13.7. The molecule has 1 N–H and O–H groups in total. The van der Waals surface area contributed by atoms with Crippen LogP contribution in [0.4, 0.5) is 14.5 Å². The number of para-hydroxylation sites is 1. The zero-order chi connectivity index (χ0) is 22.8. The third-order valence-corrected chi connectivity index (χ3v) is 4.24. The molecule has 32 heavy (non-hydrogen) atoms. The second-order valence-corrected chi connectivity index (χ2v) is 6.60. The molecule has 5 nitrogen and oxygen atoms in total. The summed E-state index contributed by atoms with van der Waals surface area (Å²) in [5.41, 5.74) is 0.591. The molecule has 0 saturated carbocycles. The molecule has 0 saturated heterocycles. The van der Waals surface area contributed by atoms with Gasteiger partial charge in [-0.05, 0) is 55.0 Å². The zero-order valence-corrected chi connectivity index (χ0v) is 17.5. The van der Waals surface area contributed by atoms with E-state index in [1.54, 1.807) is 24.3 Å². The Morgan fingerprint density at radius 1 is 0.906 bits per heavy atom. The van der Waals surface area contributed by atoms with E-state index in [-0.39, 0.29) is 5.69 Å². The van der Waals surface area contributed by atoms with Crippen molar-refractivity contribution in [2.45, 2.75) is 6.92 Å². The van der Waals surface area contributed by atoms with Gasteiger partial charge in [0, 0.05) is 12.1 Å². The van der Waals surface area contributed by atoms with Gasteiger partial charge in [-0.25, -0.2) is 8.78 Å². The van der Waals surface area contributed by atoms with Crippen LogP contribution in [0.25, 0.3) is 6.08 Å². The number of benzene rings is 3. The van der Waals surface area contributed by atoms with Crippen molar-refractivity contribution in [2.75, 3.05) is 25.1 Å². The molecule has 3 aromatic rings. The van der Waals surface area contributed by atoms with Gasteiger partial charge in [0.1, 0.15) is 30.6 Å². The highest BCUT2D eigenvalue weighted by molar-refractivity contribution is 6.02. The summed E-state index contributed by atoms with van der Waals surface area (Å²) in [6, 6.07) is 17.6. The number of amides is 1. The number of carbonyl (C=O) groups is 1. The molecule has 0 bridgehead atoms. The molecule has 3 rings (SSSR count). The first-order valence-corrected chi connectivity index (χ1v) is 10.1. The Labute approximate surface area is 185 Å². The van der Waals surface area contributed by atoms with Gasteiger partial charge in [0.15, 0.2) is 11.5 Å². The van der Waals surface area contributed by atoms with Gasteiger partial charge in [-0.3, -0.25) is 4.79 Å². The standard InChI is InChI=1S/C25H23F2NO4/c1-2-30-24-16-18(9-13-25(29)28-22-11-10-19(26)17-21(22)27)8-12-23(24)32-15-14-31-20-6-4-3-5-7-20/h3-13,16-17H,2,14-15H2,1H3,(H,28,29)/b13-9+. The third kappa shape index (κ3) is 6.84. The van der Waals surface area contributed by atoms with Crippen LogP contribution in [-0.4, -0.2) is 25.7 Å². The number of ether oxygens (including phenoxy) is 3. The minimum atomic E-state index is -0.844. The Kier molecular flexibility index (Phi) is 8.20. The van der Waals surface area contributed by atoms with Crippen LogP contribution in [0, 0.1) is 11.6 Å². The minimum absolute atomic E-state index is 0.0995. The van der Waals surface area contributed by atoms with Gasteiger partial charge in [0.05, 0.1) is 12.3 Å². The number of hydrogen-bond donors (Lipinski definition) is 1. The summed E-state index contributed by atoms with van der Waals surface area (Å²) in [4.78, 5) is 12.1. The molecule has 0 unspecified atom stereocenters. The van der Waals surface area contributed by atoms with E-state index in [0.29, 0.717) is 42.9 Å². The predicted octanol–water partition coefficient (Wildman–Crippen LogP) is 5.47. The van der Waals surface area contributed by atoms with E-state index in [4.69, 9.17) is 14.2 Å². The average molecular weight is 439 g/mol. The Balaban J connectivity index is 1.58. The molecular formula is C25H23F2NO4. The summed E-state index contributed by atoms with van der Waals surface area (Å²) in [5, 5.41) is 2.37. The highest BCUT2D eigenvalue weighted by Crippen LogP contribution is 2.29. The Hall–Kier alpha value is -3.87. The fourth-order valence-electron chi connectivity index (χ4n) is 2.78. The summed E-state index contributed by atoms with van der Waals surface area (Å²) in [6.07, 6.45) is 2.81. The summed E-state index contributed by atoms with van der Waals surface area (Å²) in [7, 11) is 0. The van der Waals surface area contributed by atoms with Gasteiger partial charge in [0.2, 0.25) is 5.91 Å². The van der Waals surface area contributed by atoms with Gasteiger partial charge in [-0.2, -0.15) is 0 Å². The fourth-order valence-corrected chi connectivity index (χ4v) is 2.78. The number of nitrogens with one attached hydrogen (secondary N) is 1. The van der Waals surface area contributed by atoms with Crippen molar-refractivity contribution in [1.82, 2.24) is 0 Å². The van der Waals surface area contributed by atoms with Crippen molar-refractivity contribution in [3.8, 4) is 17.2 Å². The highest BCUT2D eigenvalue weighted by atomic mass is 19.1. The predicted molar refractivity (Wildman–Crippen MR) is 119 cm³/mol. The largest absolute Gasteiger partial charge is 0.490 e. The lowest BCUT2D eigenvalue weighted by atomic mass is 10.2. The summed E-state index contributed by atoms with van der Waals surface area (Å²) >= 11 is 0. The molecule has 3 aromatic carbocycles. The van der Waals surface area contributed by atoms with Crippen LogP contribution in [-0.2, 0) is 4.79 Å². The van der Waals surface area contributed by atoms with Crippen LogP contribution in [0.1, 0.15) is 12.5 Å². The monoisotopic (exact) mass is 439 g/mol. The van der Waals surface area contributed by atoms with E-state index in [9.17, 15) is 13.6 Å². The van der Waals surface area contributed by atoms with Gasteiger partial charge in [-0.15, -0.1) is 0 Å². The first kappa shape index (κ1) is 22.8. The summed E-state index contributed by atoms with van der Waals surface area (Å²) in [5.74, 6) is -0.262. The van der Waals surface area contributed by atoms with Crippen molar-refractivity contribution >= 4 is 17.7 Å². The van der Waals surface area contributed by atoms with Crippen LogP contribution in [0.15, 0.2) is 72.8 Å². The second kappa shape index (κ2) is 11.5. The molecule has 166 valence electrons. The molecule has 0 aliphatic rings. The van der Waals surface area contributed by atoms with Crippen molar-refractivity contribution in [1.29, 1.82) is 0 Å². The van der Waals surface area contributed by atoms with Crippen LogP contribution in [0.3, 0.4) is 0 Å². The molecule has 0 aliphatic heterocycles. The molecule has 7 heteroatoms. The first-order valence-electron chi connectivity index (χ1n) is 10.1. The summed E-state index contributed by atoms with van der Waals surface area (Å²) in [6.45, 7) is 3.00. The quantitative estimate of drug-likeness (QED) is 0.336. The molecule has 1 amide bonds. The van der Waals surface area contributed by atoms with E-state index in [0.717, 1.165) is 17.9 Å². The molecule has 0 atom stereocenters. The lowest BCUT2D eigenvalue weighted by Crippen LogP contribution is -2.10. The van der Waals surface area contributed by atoms with Crippen LogP contribution >= 0.6 is 0 Å². The van der Waals surface area contributed by atoms with Crippen LogP contribution in [0.5, 0.6) is 17.2 Å². The smallest absolute Gasteiger partial charge is 0.248 e. The van der Waals surface area contributed by atoms with Crippen LogP contribution in [0.2, 0.25) is 0 Å². The van der Waals surface area contributed by atoms with Gasteiger partial charge < -0.3 is 19.5 Å². The molecule has 0 heterocycles. The number of halogens is 2. The lowest BCUT2D eigenvalue weighted by molar-refractivity contribution is -0.111. The Bertz CT molecular complexity index is 1070. The molecule has 0 aromatic heterocycles. The van der Waals surface area contributed by atoms with E-state index in [1.807, 2.05) is 37.3 Å². The van der Waals surface area contributed by atoms with E-state index in [1.165, 1.54) is 6.08 Å². The van der Waals surface area contributed by atoms with E-state index < -0.39 is 17.5 Å². The maximum Gasteiger partial charge on any atom is 0.248 e. The highest BCUT2D eigenvalue weighted by Gasteiger charge is 2.08. The third-order valence-electron chi connectivity index (χ3n) is 4.24. The average Bonchev–Trinajstić information content (AvgIpc) is 2.79. The van der Waals surface area contributed by atoms with Gasteiger partial charge in [0.25, 0.3) is 0 Å². The van der Waals surface area contributed by atoms with Gasteiger partial charge in [-0.1, -0.05) is 24.3 Å². The molecule has 0 fully saturated rings. The summed E-state index contributed by atoms with van der Waals surface area (Å²) < 4.78 is 43.6. The van der Waals surface area contributed by atoms with Crippen molar-refractivity contribution in [3.05, 3.63) is 90.0 Å². The van der Waals surface area contributed by atoms with Crippen molar-refractivity contribution in [3.63, 3.8) is 0 Å². The molecule has 0 spiro atoms. The normalized spacial score (nSPS) is 10.7. The Morgan fingerprint density at radius 2 is 1.69 bits per heavy atom. The molecular weight excluding hydrogens is 416 g/mol. The van der Waals surface area contributed by atoms with Crippen LogP contribution < -0.4 is 19.5 Å². The van der Waals surface area contributed by atoms with Crippen molar-refractivity contribution in [2.24, 2.45) is 0 Å². The van der Waals surface area contributed by atoms with Gasteiger partial charge >= 0.3 is 0 Å². The second-order valence-electron chi connectivity index (χ2n) is 6.60. The first-order chi connectivity index (χ1) is 15.5. The molecule has 0 radical (unpaired) electrons. The zero-order valence-electron chi connectivity index (χ0n) is 17.5. The Morgan fingerprint density at radius 3 is 2.44 bits per heavy atom. The molecule has 0 aliphatic carbocycles. The number of carbonyl (C=O) groups excluding carboxylic acids is 1. The number of hydrogen-bond acceptors (Lipinski definition) is 4. The number of anilines is 1. The maximum atomic E-state index is 13.7. The minimum Gasteiger partial charge on any atom is -0.490 e. The fraction of sp³-hybridized carbons (Fsp3) is 0.160.